The molecular weight excluding hydrogens is 812 g/mol. The number of fused-ring (bicyclic) bond motifs is 4. The molecule has 0 bridgehead atoms. The second-order valence-corrected chi connectivity index (χ2v) is 13.2. The van der Waals surface area contributed by atoms with Gasteiger partial charge in [-0.2, -0.15) is 0 Å². The molecule has 259 valence electrons. The number of hydrogen-bond acceptors (Lipinski definition) is 4. The molecule has 4 aromatic heterocycles. The van der Waals surface area contributed by atoms with Crippen molar-refractivity contribution in [2.75, 3.05) is 0 Å². The van der Waals surface area contributed by atoms with Gasteiger partial charge in [-0.1, -0.05) is 99.6 Å². The summed E-state index contributed by atoms with van der Waals surface area (Å²) >= 11 is 0. The Kier molecular flexibility index (Phi) is 9.22. The minimum Gasteiger partial charge on any atom is -0.501 e. The van der Waals surface area contributed by atoms with Crippen LogP contribution >= 0.6 is 0 Å². The zero-order valence-corrected chi connectivity index (χ0v) is 31.7. The summed E-state index contributed by atoms with van der Waals surface area (Å²) in [7, 11) is 0. The summed E-state index contributed by atoms with van der Waals surface area (Å²) in [6, 6.07) is 30.8. The first-order chi connectivity index (χ1) is 25.3. The third-order valence-electron chi connectivity index (χ3n) is 8.93. The van der Waals surface area contributed by atoms with Crippen LogP contribution in [-0.2, 0) is 20.1 Å². The van der Waals surface area contributed by atoms with Gasteiger partial charge in [-0.3, -0.25) is 14.4 Å². The van der Waals surface area contributed by atoms with E-state index in [1.165, 1.54) is 22.9 Å². The number of aromatic nitrogens is 4. The molecule has 8 rings (SSSR count). The average Bonchev–Trinajstić information content (AvgIpc) is 3.71. The van der Waals surface area contributed by atoms with Crippen LogP contribution in [0.25, 0.3) is 61.3 Å². The summed E-state index contributed by atoms with van der Waals surface area (Å²) in [5, 5.41) is 2.17. The van der Waals surface area contributed by atoms with Crippen molar-refractivity contribution in [3.05, 3.63) is 143 Å². The zero-order chi connectivity index (χ0) is 37.6. The van der Waals surface area contributed by atoms with Crippen molar-refractivity contribution in [3.8, 4) is 28.3 Å². The Labute approximate surface area is 316 Å². The summed E-state index contributed by atoms with van der Waals surface area (Å²) in [4.78, 5) is 13.7. The van der Waals surface area contributed by atoms with Gasteiger partial charge in [0, 0.05) is 53.5 Å². The van der Waals surface area contributed by atoms with Crippen molar-refractivity contribution in [2.45, 2.75) is 60.2 Å². The number of aryl methyl sites for hydroxylation is 3. The Morgan fingerprint density at radius 1 is 0.824 bits per heavy atom. The van der Waals surface area contributed by atoms with E-state index < -0.39 is 12.7 Å². The van der Waals surface area contributed by atoms with Gasteiger partial charge in [0.2, 0.25) is 0 Å². The summed E-state index contributed by atoms with van der Waals surface area (Å²) in [6.07, 6.45) is 5.40. The van der Waals surface area contributed by atoms with Crippen molar-refractivity contribution in [2.24, 2.45) is 0 Å². The molecule has 0 saturated carbocycles. The van der Waals surface area contributed by atoms with Gasteiger partial charge in [-0.15, -0.1) is 42.0 Å². The number of halogens is 1. The van der Waals surface area contributed by atoms with Crippen molar-refractivity contribution < 1.29 is 33.0 Å². The summed E-state index contributed by atoms with van der Waals surface area (Å²) in [5.74, 6) is 0.903. The van der Waals surface area contributed by atoms with E-state index in [4.69, 9.17) is 13.5 Å². The number of furan rings is 1. The molecule has 0 unspecified atom stereocenters. The van der Waals surface area contributed by atoms with Crippen LogP contribution < -0.4 is 0 Å². The van der Waals surface area contributed by atoms with Gasteiger partial charge in [-0.05, 0) is 59.7 Å². The molecule has 0 saturated heterocycles. The number of imidazole rings is 1. The van der Waals surface area contributed by atoms with Gasteiger partial charge < -0.3 is 14.0 Å². The summed E-state index contributed by atoms with van der Waals surface area (Å²) in [6.45, 7) is 10.7. The van der Waals surface area contributed by atoms with Crippen molar-refractivity contribution >= 4 is 33.0 Å². The van der Waals surface area contributed by atoms with E-state index in [0.717, 1.165) is 61.6 Å². The van der Waals surface area contributed by atoms with E-state index in [0.29, 0.717) is 17.5 Å². The van der Waals surface area contributed by atoms with Gasteiger partial charge in [0.15, 0.2) is 0 Å². The minimum atomic E-state index is -2.32. The first kappa shape index (κ1) is 32.0. The molecule has 0 aliphatic carbocycles. The Morgan fingerprint density at radius 2 is 1.59 bits per heavy atom. The normalized spacial score (nSPS) is 12.5. The first-order valence-electron chi connectivity index (χ1n) is 18.3. The van der Waals surface area contributed by atoms with Crippen molar-refractivity contribution in [1.29, 1.82) is 0 Å². The molecule has 0 aliphatic rings. The topological polar surface area (TPSA) is 56.7 Å². The number of rotatable bonds is 5. The number of nitrogens with zero attached hydrogens (tertiary/aromatic N) is 4. The molecule has 0 aliphatic heterocycles. The monoisotopic (exact) mass is 854 g/mol. The summed E-state index contributed by atoms with van der Waals surface area (Å²) in [5.41, 5.74) is 10.9. The Balaban J connectivity index is 0.000000222. The van der Waals surface area contributed by atoms with Gasteiger partial charge in [0.25, 0.3) is 0 Å². The molecule has 1 radical (unpaired) electrons. The molecule has 7 heteroatoms. The van der Waals surface area contributed by atoms with E-state index in [9.17, 15) is 4.39 Å². The number of pyridine rings is 2. The van der Waals surface area contributed by atoms with Crippen LogP contribution in [0.1, 0.15) is 71.5 Å². The summed E-state index contributed by atoms with van der Waals surface area (Å²) < 4.78 is 44.2. The predicted molar refractivity (Wildman–Crippen MR) is 201 cm³/mol. The fourth-order valence-corrected chi connectivity index (χ4v) is 6.48. The number of para-hydroxylation sites is 2. The fraction of sp³-hybridized carbons (Fsp3) is 0.205. The van der Waals surface area contributed by atoms with E-state index in [1.54, 1.807) is 12.3 Å². The maximum Gasteiger partial charge on any atom is 0.120 e. The molecule has 8 aromatic rings. The zero-order valence-electron chi connectivity index (χ0n) is 32.3. The van der Waals surface area contributed by atoms with E-state index in [1.807, 2.05) is 49.6 Å². The standard InChI is InChI=1S/C31H28N3O.C13H11FN.Ir/c1-18(2)21-11-8-12-22(19(3)4)29(21)34-28-20(5)16-32-17-26(28)33-31(34)25-14-9-13-24-23-10-6-7-15-27(23)35-30(24)25;1-9-3-5-11(12(14)7-9)13-6-4-10(2)8-15-13;/h6-13,15-19H,1-5H3;3-4,6-8H,1-2H3;/q2*-1;/i;1D3;. The van der Waals surface area contributed by atoms with Crippen LogP contribution in [0.3, 0.4) is 0 Å². The first-order valence-corrected chi connectivity index (χ1v) is 16.8. The molecule has 0 N–H and O–H groups in total. The van der Waals surface area contributed by atoms with Gasteiger partial charge in [0.05, 0.1) is 28.6 Å². The molecular formula is C44H39FIrN4O-2. The van der Waals surface area contributed by atoms with Crippen molar-refractivity contribution in [3.63, 3.8) is 0 Å². The molecule has 5 nitrogen and oxygen atoms in total. The Hall–Kier alpha value is -4.97. The molecule has 4 aromatic carbocycles. The quantitative estimate of drug-likeness (QED) is 0.162. The van der Waals surface area contributed by atoms with Gasteiger partial charge in [-0.25, -0.2) is 0 Å². The minimum absolute atomic E-state index is 0. The van der Waals surface area contributed by atoms with Crippen LogP contribution in [0.4, 0.5) is 4.39 Å². The Morgan fingerprint density at radius 3 is 2.27 bits per heavy atom. The van der Waals surface area contributed by atoms with Crippen LogP contribution in [0, 0.1) is 38.6 Å². The molecule has 0 amide bonds. The van der Waals surface area contributed by atoms with Gasteiger partial charge >= 0.3 is 0 Å². The van der Waals surface area contributed by atoms with Crippen LogP contribution in [0.15, 0.2) is 102 Å². The van der Waals surface area contributed by atoms with Crippen LogP contribution in [-0.4, -0.2) is 19.5 Å². The largest absolute Gasteiger partial charge is 0.501 e. The second kappa shape index (κ2) is 14.7. The van der Waals surface area contributed by atoms with E-state index in [2.05, 4.69) is 91.6 Å². The number of benzene rings is 4. The maximum atomic E-state index is 13.8. The molecule has 51 heavy (non-hydrogen) atoms. The third kappa shape index (κ3) is 6.76. The van der Waals surface area contributed by atoms with Gasteiger partial charge in [0.1, 0.15) is 5.58 Å². The van der Waals surface area contributed by atoms with Crippen LogP contribution in [0.5, 0.6) is 0 Å². The van der Waals surface area contributed by atoms with Crippen LogP contribution in [0.2, 0.25) is 0 Å². The smallest absolute Gasteiger partial charge is 0.120 e. The fourth-order valence-electron chi connectivity index (χ4n) is 6.48. The molecule has 4 heterocycles. The Bertz CT molecular complexity index is 2580. The molecule has 0 spiro atoms. The SMILES string of the molecule is Cc1cncc2nc(-c3[c-]ccc4c3oc3ccccc34)n(-c3c(C(C)C)cccc3C(C)C)c12.[2H]C([2H])([2H])c1c[c-]c(-c2ccc(C)cn2)c(F)c1.[Ir]. The average molecular weight is 854 g/mol. The molecule has 0 fully saturated rings. The van der Waals surface area contributed by atoms with Crippen molar-refractivity contribution in [1.82, 2.24) is 19.5 Å². The molecule has 0 atom stereocenters. The van der Waals surface area contributed by atoms with E-state index in [-0.39, 0.29) is 31.2 Å². The third-order valence-corrected chi connectivity index (χ3v) is 8.93. The predicted octanol–water partition coefficient (Wildman–Crippen LogP) is 11.6. The maximum absolute atomic E-state index is 13.8. The number of hydrogen-bond donors (Lipinski definition) is 0. The van der Waals surface area contributed by atoms with E-state index >= 15 is 0 Å². The second-order valence-electron chi connectivity index (χ2n) is 13.2.